The van der Waals surface area contributed by atoms with Gasteiger partial charge in [0.2, 0.25) is 0 Å². The second-order valence-electron chi connectivity index (χ2n) is 16.4. The molecule has 0 aliphatic carbocycles. The molecule has 62 heavy (non-hydrogen) atoms. The van der Waals surface area contributed by atoms with Gasteiger partial charge in [-0.25, -0.2) is 4.57 Å². The number of ether oxygens (including phenoxy) is 2. The average Bonchev–Trinajstić information content (AvgIpc) is 3.22. The van der Waals surface area contributed by atoms with Crippen LogP contribution in [0.15, 0.2) is 97.2 Å². The van der Waals surface area contributed by atoms with Gasteiger partial charge in [-0.05, 0) is 89.9 Å². The van der Waals surface area contributed by atoms with Crippen LogP contribution < -0.4 is 0 Å². The summed E-state index contributed by atoms with van der Waals surface area (Å²) in [6, 6.07) is 0. The van der Waals surface area contributed by atoms with Gasteiger partial charge in [0.1, 0.15) is 19.8 Å². The molecule has 0 radical (unpaired) electrons. The number of hydrogen-bond acceptors (Lipinski definition) is 9. The average molecular weight is 891 g/mol. The molecule has 354 valence electrons. The van der Waals surface area contributed by atoms with Crippen LogP contribution in [0.2, 0.25) is 0 Å². The lowest BCUT2D eigenvalue weighted by molar-refractivity contribution is -0.870. The number of unbranched alkanes of at least 4 members (excludes halogenated alkanes) is 6. The number of carbonyl (C=O) groups is 2. The van der Waals surface area contributed by atoms with E-state index in [4.69, 9.17) is 18.5 Å². The summed E-state index contributed by atoms with van der Waals surface area (Å²) in [6.07, 6.45) is 46.4. The topological polar surface area (TPSA) is 149 Å². The van der Waals surface area contributed by atoms with Crippen molar-refractivity contribution in [3.05, 3.63) is 97.2 Å². The van der Waals surface area contributed by atoms with Crippen LogP contribution in [0.5, 0.6) is 0 Å². The highest BCUT2D eigenvalue weighted by Gasteiger charge is 2.27. The molecule has 3 N–H and O–H groups in total. The van der Waals surface area contributed by atoms with Crippen molar-refractivity contribution in [2.24, 2.45) is 0 Å². The van der Waals surface area contributed by atoms with Crippen molar-refractivity contribution in [2.45, 2.75) is 161 Å². The van der Waals surface area contributed by atoms with Crippen LogP contribution >= 0.6 is 7.82 Å². The van der Waals surface area contributed by atoms with Crippen LogP contribution in [0, 0.1) is 0 Å². The lowest BCUT2D eigenvalue weighted by Gasteiger charge is -2.24. The quantitative estimate of drug-likeness (QED) is 0.0178. The van der Waals surface area contributed by atoms with E-state index in [2.05, 4.69) is 86.8 Å². The molecule has 0 aromatic rings. The highest BCUT2D eigenvalue weighted by atomic mass is 31.2. The molecule has 0 saturated carbocycles. The molecule has 0 bridgehead atoms. The number of esters is 2. The van der Waals surface area contributed by atoms with Crippen molar-refractivity contribution in [2.75, 3.05) is 47.5 Å². The smallest absolute Gasteiger partial charge is 0.462 e. The number of allylic oxidation sites excluding steroid dienone is 15. The first-order valence-corrected chi connectivity index (χ1v) is 24.6. The molecule has 11 nitrogen and oxygen atoms in total. The van der Waals surface area contributed by atoms with Gasteiger partial charge >= 0.3 is 19.8 Å². The van der Waals surface area contributed by atoms with Gasteiger partial charge in [0.05, 0.1) is 40.0 Å². The van der Waals surface area contributed by atoms with Crippen LogP contribution in [0.4, 0.5) is 0 Å². The maximum absolute atomic E-state index is 12.7. The number of aliphatic hydroxyl groups excluding tert-OH is 2. The molecular formula is C50H85NO10P+. The number of hydrogen-bond donors (Lipinski definition) is 3. The highest BCUT2D eigenvalue weighted by Crippen LogP contribution is 2.43. The Kier molecular flexibility index (Phi) is 38.5. The third-order valence-corrected chi connectivity index (χ3v) is 10.3. The van der Waals surface area contributed by atoms with Crippen molar-refractivity contribution in [1.82, 2.24) is 0 Å². The number of aliphatic hydroxyl groups is 2. The Hall–Kier alpha value is -3.15. The minimum atomic E-state index is -4.48. The lowest BCUT2D eigenvalue weighted by Crippen LogP contribution is -2.37. The summed E-state index contributed by atoms with van der Waals surface area (Å²) in [7, 11) is 1.25. The fourth-order valence-electron chi connectivity index (χ4n) is 5.51. The monoisotopic (exact) mass is 891 g/mol. The molecule has 0 aliphatic rings. The Morgan fingerprint density at radius 3 is 1.52 bits per heavy atom. The summed E-state index contributed by atoms with van der Waals surface area (Å²) in [4.78, 5) is 35.4. The van der Waals surface area contributed by atoms with Crippen LogP contribution in [0.3, 0.4) is 0 Å². The Morgan fingerprint density at radius 1 is 0.565 bits per heavy atom. The van der Waals surface area contributed by atoms with Gasteiger partial charge < -0.3 is 29.1 Å². The first-order valence-electron chi connectivity index (χ1n) is 23.1. The maximum atomic E-state index is 12.7. The van der Waals surface area contributed by atoms with Gasteiger partial charge in [0.25, 0.3) is 0 Å². The zero-order chi connectivity index (χ0) is 46.0. The van der Waals surface area contributed by atoms with E-state index in [1.165, 1.54) is 44.9 Å². The number of rotatable bonds is 40. The predicted octanol–water partition coefficient (Wildman–Crippen LogP) is 11.3. The van der Waals surface area contributed by atoms with Crippen molar-refractivity contribution in [3.63, 3.8) is 0 Å². The van der Waals surface area contributed by atoms with Crippen molar-refractivity contribution in [3.8, 4) is 0 Å². The molecule has 0 aromatic carbocycles. The van der Waals surface area contributed by atoms with Gasteiger partial charge in [0.15, 0.2) is 6.10 Å². The largest absolute Gasteiger partial charge is 0.472 e. The fraction of sp³-hybridized carbons (Fsp3) is 0.640. The molecular weight excluding hydrogens is 806 g/mol. The number of likely N-dealkylation sites (N-methyl/N-ethyl adjacent to an activating group) is 1. The SMILES string of the molecule is CCCCC/C=C\C/C=C\C/C=C\C/C=C\C/C=C\CCC(=O)OC[C@H](COP(=O)(O)OCC[N+](C)(C)C)OC(=O)CCCC(O)C(O)C/C=C\C/C=C\C/C=C\CCCCC. The summed E-state index contributed by atoms with van der Waals surface area (Å²) >= 11 is 0. The number of phosphoric ester groups is 1. The molecule has 0 saturated heterocycles. The van der Waals surface area contributed by atoms with Gasteiger partial charge in [-0.2, -0.15) is 0 Å². The van der Waals surface area contributed by atoms with Crippen LogP contribution in [0.25, 0.3) is 0 Å². The fourth-order valence-corrected chi connectivity index (χ4v) is 6.25. The summed E-state index contributed by atoms with van der Waals surface area (Å²) in [5, 5.41) is 20.8. The van der Waals surface area contributed by atoms with E-state index in [0.29, 0.717) is 17.4 Å². The first-order chi connectivity index (χ1) is 29.8. The number of nitrogens with zero attached hydrogens (tertiary/aromatic N) is 1. The Labute approximate surface area is 376 Å². The van der Waals surface area contributed by atoms with E-state index in [9.17, 15) is 29.3 Å². The molecule has 0 aromatic heterocycles. The van der Waals surface area contributed by atoms with Gasteiger partial charge in [-0.15, -0.1) is 0 Å². The van der Waals surface area contributed by atoms with Crippen molar-refractivity contribution >= 4 is 19.8 Å². The van der Waals surface area contributed by atoms with Gasteiger partial charge in [-0.3, -0.25) is 18.6 Å². The van der Waals surface area contributed by atoms with E-state index in [1.54, 1.807) is 0 Å². The van der Waals surface area contributed by atoms with E-state index >= 15 is 0 Å². The van der Waals surface area contributed by atoms with E-state index in [-0.39, 0.29) is 45.3 Å². The standard InChI is InChI=1S/C50H84NO10P/c1-6-8-10-12-14-16-18-20-21-22-23-24-25-26-28-30-32-34-36-40-49(54)58-44-46(45-60-62(56,57)59-43-42-51(3,4)5)61-50(55)41-37-39-48(53)47(52)38-35-33-31-29-27-19-17-15-13-11-9-7-2/h14-17,20-21,23-24,26-29,32-35,46-48,52-53H,6-13,18-19,22,25,30-31,36-45H2,1-5H3/p+1/b16-14-,17-15-,21-20-,24-23-,28-26-,29-27-,34-32-,35-33-/t46-,47?,48?/m1/s1. The van der Waals surface area contributed by atoms with Crippen molar-refractivity contribution < 1.29 is 52.3 Å². The van der Waals surface area contributed by atoms with E-state index < -0.39 is 44.7 Å². The summed E-state index contributed by atoms with van der Waals surface area (Å²) in [6.45, 7) is 3.91. The molecule has 3 unspecified atom stereocenters. The van der Waals surface area contributed by atoms with Crippen LogP contribution in [0.1, 0.15) is 142 Å². The molecule has 0 fully saturated rings. The normalized spacial score (nSPS) is 15.4. The summed E-state index contributed by atoms with van der Waals surface area (Å²) in [5.41, 5.74) is 0. The number of phosphoric acid groups is 1. The molecule has 4 atom stereocenters. The Morgan fingerprint density at radius 2 is 1.03 bits per heavy atom. The molecule has 0 amide bonds. The highest BCUT2D eigenvalue weighted by molar-refractivity contribution is 7.47. The van der Waals surface area contributed by atoms with Crippen LogP contribution in [-0.2, 0) is 32.7 Å². The zero-order valence-corrected chi connectivity index (χ0v) is 39.9. The van der Waals surface area contributed by atoms with Gasteiger partial charge in [-0.1, -0.05) is 137 Å². The maximum Gasteiger partial charge on any atom is 0.472 e. The molecule has 0 aliphatic heterocycles. The van der Waals surface area contributed by atoms with E-state index in [0.717, 1.165) is 44.9 Å². The third kappa shape index (κ3) is 42.2. The number of carbonyl (C=O) groups excluding carboxylic acids is 2. The van der Waals surface area contributed by atoms with Crippen molar-refractivity contribution in [1.29, 1.82) is 0 Å². The second-order valence-corrected chi connectivity index (χ2v) is 17.8. The minimum absolute atomic E-state index is 0.0369. The minimum Gasteiger partial charge on any atom is -0.462 e. The first kappa shape index (κ1) is 58.9. The zero-order valence-electron chi connectivity index (χ0n) is 39.0. The lowest BCUT2D eigenvalue weighted by atomic mass is 10.0. The summed E-state index contributed by atoms with van der Waals surface area (Å²) in [5.74, 6) is -1.19. The van der Waals surface area contributed by atoms with Crippen LogP contribution in [-0.4, -0.2) is 97.3 Å². The van der Waals surface area contributed by atoms with E-state index in [1.807, 2.05) is 45.4 Å². The van der Waals surface area contributed by atoms with Gasteiger partial charge in [0, 0.05) is 12.8 Å². The Bertz CT molecular complexity index is 1410. The number of quaternary nitrogens is 1. The summed E-state index contributed by atoms with van der Waals surface area (Å²) < 4.78 is 34.0. The Balaban J connectivity index is 4.71. The molecule has 0 spiro atoms. The molecule has 12 heteroatoms. The third-order valence-electron chi connectivity index (χ3n) is 9.30. The predicted molar refractivity (Wildman–Crippen MR) is 254 cm³/mol. The molecule has 0 rings (SSSR count). The second kappa shape index (κ2) is 40.6. The molecule has 0 heterocycles.